The second kappa shape index (κ2) is 6.39. The average Bonchev–Trinajstić information content (AvgIpc) is 2.92. The van der Waals surface area contributed by atoms with E-state index in [1.165, 1.54) is 6.07 Å². The summed E-state index contributed by atoms with van der Waals surface area (Å²) in [5, 5.41) is 5.52. The molecule has 25 heavy (non-hydrogen) atoms. The molecule has 3 aromatic heterocycles. The molecule has 0 bridgehead atoms. The van der Waals surface area contributed by atoms with Gasteiger partial charge in [0.2, 0.25) is 5.91 Å². The summed E-state index contributed by atoms with van der Waals surface area (Å²) in [4.78, 5) is 34.4. The first-order chi connectivity index (χ1) is 11.8. The van der Waals surface area contributed by atoms with Gasteiger partial charge in [-0.15, -0.1) is 0 Å². The van der Waals surface area contributed by atoms with Crippen molar-refractivity contribution in [3.8, 4) is 0 Å². The number of pyridine rings is 1. The van der Waals surface area contributed by atoms with Gasteiger partial charge in [-0.1, -0.05) is 0 Å². The van der Waals surface area contributed by atoms with Crippen LogP contribution < -0.4 is 15.8 Å². The van der Waals surface area contributed by atoms with Crippen LogP contribution in [0.25, 0.3) is 5.65 Å². The SMILES string of the molecule is Cc1nc2cc(=O)[nH]n2c(C)c1CC(=O)Nc1ccc(N(C)C)nc1. The molecule has 0 unspecified atom stereocenters. The lowest BCUT2D eigenvalue weighted by Gasteiger charge is -2.13. The maximum atomic E-state index is 12.4. The van der Waals surface area contributed by atoms with Crippen LogP contribution in [0.5, 0.6) is 0 Å². The molecule has 130 valence electrons. The van der Waals surface area contributed by atoms with E-state index in [4.69, 9.17) is 0 Å². The summed E-state index contributed by atoms with van der Waals surface area (Å²) in [6, 6.07) is 5.08. The van der Waals surface area contributed by atoms with Crippen LogP contribution >= 0.6 is 0 Å². The van der Waals surface area contributed by atoms with Crippen molar-refractivity contribution in [3.05, 3.63) is 51.7 Å². The van der Waals surface area contributed by atoms with E-state index in [-0.39, 0.29) is 17.9 Å². The highest BCUT2D eigenvalue weighted by atomic mass is 16.1. The van der Waals surface area contributed by atoms with Crippen LogP contribution in [0, 0.1) is 13.8 Å². The van der Waals surface area contributed by atoms with Gasteiger partial charge in [-0.05, 0) is 26.0 Å². The number of H-pyrrole nitrogens is 1. The van der Waals surface area contributed by atoms with Gasteiger partial charge in [0.05, 0.1) is 18.3 Å². The Morgan fingerprint density at radius 2 is 2.08 bits per heavy atom. The van der Waals surface area contributed by atoms with Crippen LogP contribution in [-0.2, 0) is 11.2 Å². The van der Waals surface area contributed by atoms with E-state index in [2.05, 4.69) is 20.4 Å². The Balaban J connectivity index is 1.81. The molecule has 0 aliphatic carbocycles. The molecule has 0 saturated carbocycles. The highest BCUT2D eigenvalue weighted by Crippen LogP contribution is 2.16. The molecular weight excluding hydrogens is 320 g/mol. The highest BCUT2D eigenvalue weighted by Gasteiger charge is 2.14. The summed E-state index contributed by atoms with van der Waals surface area (Å²) in [5.41, 5.74) is 3.27. The standard InChI is InChI=1S/C17H20N6O2/c1-10-13(11(2)23-15(19-10)8-17(25)21-23)7-16(24)20-12-5-6-14(18-9-12)22(3)4/h5-6,8-9H,7H2,1-4H3,(H,20,24)(H,21,25). The normalized spacial score (nSPS) is 10.9. The van der Waals surface area contributed by atoms with Crippen LogP contribution in [-0.4, -0.2) is 39.6 Å². The zero-order valence-electron chi connectivity index (χ0n) is 14.6. The average molecular weight is 340 g/mol. The molecular formula is C17H20N6O2. The van der Waals surface area contributed by atoms with Gasteiger partial charge in [-0.25, -0.2) is 14.5 Å². The Morgan fingerprint density at radius 1 is 1.32 bits per heavy atom. The monoisotopic (exact) mass is 340 g/mol. The number of amides is 1. The van der Waals surface area contributed by atoms with Crippen LogP contribution in [0.15, 0.2) is 29.2 Å². The van der Waals surface area contributed by atoms with Crippen LogP contribution in [0.3, 0.4) is 0 Å². The van der Waals surface area contributed by atoms with E-state index in [0.29, 0.717) is 11.3 Å². The summed E-state index contributed by atoms with van der Waals surface area (Å²) in [6.07, 6.45) is 1.79. The van der Waals surface area contributed by atoms with Gasteiger partial charge in [0.15, 0.2) is 5.65 Å². The molecule has 0 saturated heterocycles. The summed E-state index contributed by atoms with van der Waals surface area (Å²) in [7, 11) is 3.81. The highest BCUT2D eigenvalue weighted by molar-refractivity contribution is 5.92. The van der Waals surface area contributed by atoms with Crippen LogP contribution in [0.2, 0.25) is 0 Å². The van der Waals surface area contributed by atoms with E-state index in [9.17, 15) is 9.59 Å². The topological polar surface area (TPSA) is 95.4 Å². The minimum atomic E-state index is -0.219. The van der Waals surface area contributed by atoms with Gasteiger partial charge < -0.3 is 10.2 Å². The minimum Gasteiger partial charge on any atom is -0.363 e. The smallest absolute Gasteiger partial charge is 0.266 e. The molecule has 3 rings (SSSR count). The van der Waals surface area contributed by atoms with Gasteiger partial charge >= 0.3 is 0 Å². The van der Waals surface area contributed by atoms with E-state index < -0.39 is 0 Å². The first kappa shape index (κ1) is 16.7. The number of aryl methyl sites for hydroxylation is 2. The third-order valence-corrected chi connectivity index (χ3v) is 4.03. The fraction of sp³-hybridized carbons (Fsp3) is 0.294. The molecule has 1 amide bonds. The van der Waals surface area contributed by atoms with E-state index in [1.54, 1.807) is 10.7 Å². The number of hydrogen-bond acceptors (Lipinski definition) is 5. The Morgan fingerprint density at radius 3 is 2.72 bits per heavy atom. The van der Waals surface area contributed by atoms with Crippen molar-refractivity contribution in [2.45, 2.75) is 20.3 Å². The quantitative estimate of drug-likeness (QED) is 0.746. The lowest BCUT2D eigenvalue weighted by molar-refractivity contribution is -0.115. The van der Waals surface area contributed by atoms with Crippen molar-refractivity contribution in [2.75, 3.05) is 24.3 Å². The molecule has 2 N–H and O–H groups in total. The summed E-state index contributed by atoms with van der Waals surface area (Å²) >= 11 is 0. The fourth-order valence-corrected chi connectivity index (χ4v) is 2.70. The number of nitrogens with zero attached hydrogens (tertiary/aromatic N) is 4. The van der Waals surface area contributed by atoms with Gasteiger partial charge in [0, 0.05) is 37.1 Å². The molecule has 0 fully saturated rings. The first-order valence-electron chi connectivity index (χ1n) is 7.86. The van der Waals surface area contributed by atoms with Crippen LogP contribution in [0.1, 0.15) is 17.0 Å². The third kappa shape index (κ3) is 3.37. The van der Waals surface area contributed by atoms with Gasteiger partial charge in [0.25, 0.3) is 5.56 Å². The van der Waals surface area contributed by atoms with Crippen molar-refractivity contribution >= 4 is 23.1 Å². The second-order valence-electron chi connectivity index (χ2n) is 6.10. The number of anilines is 2. The molecule has 8 nitrogen and oxygen atoms in total. The van der Waals surface area contributed by atoms with Gasteiger partial charge in [0.1, 0.15) is 5.82 Å². The van der Waals surface area contributed by atoms with E-state index >= 15 is 0 Å². The number of fused-ring (bicyclic) bond motifs is 1. The predicted octanol–water partition coefficient (Wildman–Crippen LogP) is 1.28. The number of hydrogen-bond donors (Lipinski definition) is 2. The Kier molecular flexibility index (Phi) is 4.26. The van der Waals surface area contributed by atoms with Gasteiger partial charge in [-0.3, -0.25) is 14.7 Å². The van der Waals surface area contributed by atoms with Crippen molar-refractivity contribution in [2.24, 2.45) is 0 Å². The molecule has 0 atom stereocenters. The Bertz CT molecular complexity index is 985. The van der Waals surface area contributed by atoms with Crippen LogP contribution in [0.4, 0.5) is 11.5 Å². The van der Waals surface area contributed by atoms with Crippen molar-refractivity contribution in [3.63, 3.8) is 0 Å². The number of aromatic nitrogens is 4. The molecule has 0 aromatic carbocycles. The number of nitrogens with one attached hydrogen (secondary N) is 2. The number of rotatable bonds is 4. The molecule has 0 spiro atoms. The van der Waals surface area contributed by atoms with E-state index in [1.807, 2.05) is 45.0 Å². The zero-order valence-corrected chi connectivity index (χ0v) is 14.6. The molecule has 3 aromatic rings. The third-order valence-electron chi connectivity index (χ3n) is 4.03. The maximum absolute atomic E-state index is 12.4. The van der Waals surface area contributed by atoms with Crippen molar-refractivity contribution in [1.82, 2.24) is 19.6 Å². The van der Waals surface area contributed by atoms with Gasteiger partial charge in [-0.2, -0.15) is 0 Å². The summed E-state index contributed by atoms with van der Waals surface area (Å²) < 4.78 is 1.60. The Labute approximate surface area is 144 Å². The van der Waals surface area contributed by atoms with Crippen molar-refractivity contribution in [1.29, 1.82) is 0 Å². The largest absolute Gasteiger partial charge is 0.363 e. The fourth-order valence-electron chi connectivity index (χ4n) is 2.70. The zero-order chi connectivity index (χ0) is 18.1. The predicted molar refractivity (Wildman–Crippen MR) is 96.2 cm³/mol. The number of aromatic amines is 1. The Hall–Kier alpha value is -3.16. The van der Waals surface area contributed by atoms with Crippen molar-refractivity contribution < 1.29 is 4.79 Å². The lowest BCUT2D eigenvalue weighted by Crippen LogP contribution is -2.18. The first-order valence-corrected chi connectivity index (χ1v) is 7.86. The lowest BCUT2D eigenvalue weighted by atomic mass is 10.1. The number of carbonyl (C=O) groups excluding carboxylic acids is 1. The molecule has 0 aliphatic rings. The molecule has 0 aliphatic heterocycles. The summed E-state index contributed by atoms with van der Waals surface area (Å²) in [6.45, 7) is 3.69. The maximum Gasteiger partial charge on any atom is 0.266 e. The van der Waals surface area contributed by atoms with E-state index in [0.717, 1.165) is 22.8 Å². The molecule has 0 radical (unpaired) electrons. The molecule has 8 heteroatoms. The minimum absolute atomic E-state index is 0.163. The molecule has 3 heterocycles. The summed E-state index contributed by atoms with van der Waals surface area (Å²) in [5.74, 6) is 0.650. The second-order valence-corrected chi connectivity index (χ2v) is 6.10. The number of carbonyl (C=O) groups is 1.